The average molecular weight is 301 g/mol. The van der Waals surface area contributed by atoms with Crippen molar-refractivity contribution in [2.24, 2.45) is 0 Å². The van der Waals surface area contributed by atoms with Gasteiger partial charge >= 0.3 is 0 Å². The van der Waals surface area contributed by atoms with Gasteiger partial charge in [-0.15, -0.1) is 12.4 Å². The third-order valence-corrected chi connectivity index (χ3v) is 3.50. The van der Waals surface area contributed by atoms with Crippen LogP contribution in [-0.4, -0.2) is 51.2 Å². The van der Waals surface area contributed by atoms with E-state index in [1.165, 1.54) is 0 Å². The summed E-state index contributed by atoms with van der Waals surface area (Å²) in [5.41, 5.74) is 0.589. The SMILES string of the molecule is COc1cc(OC)cc(C(=O)N(C)C2CCNC2)c1.Cl. The van der Waals surface area contributed by atoms with E-state index in [0.717, 1.165) is 19.5 Å². The summed E-state index contributed by atoms with van der Waals surface area (Å²) in [6.45, 7) is 1.81. The maximum atomic E-state index is 12.5. The van der Waals surface area contributed by atoms with Crippen molar-refractivity contribution in [2.45, 2.75) is 12.5 Å². The highest BCUT2D eigenvalue weighted by Crippen LogP contribution is 2.24. The van der Waals surface area contributed by atoms with Gasteiger partial charge in [-0.25, -0.2) is 0 Å². The number of hydrogen-bond donors (Lipinski definition) is 1. The van der Waals surface area contributed by atoms with Crippen LogP contribution >= 0.6 is 12.4 Å². The monoisotopic (exact) mass is 300 g/mol. The lowest BCUT2D eigenvalue weighted by Crippen LogP contribution is -2.38. The summed E-state index contributed by atoms with van der Waals surface area (Å²) in [6.07, 6.45) is 0.989. The fourth-order valence-corrected chi connectivity index (χ4v) is 2.27. The van der Waals surface area contributed by atoms with Crippen LogP contribution in [0.5, 0.6) is 11.5 Å². The molecule has 1 aliphatic heterocycles. The molecule has 0 aliphatic carbocycles. The number of ether oxygens (including phenoxy) is 2. The van der Waals surface area contributed by atoms with Crippen LogP contribution in [0.15, 0.2) is 18.2 Å². The van der Waals surface area contributed by atoms with Crippen LogP contribution in [0.4, 0.5) is 0 Å². The Balaban J connectivity index is 0.00000200. The van der Waals surface area contributed by atoms with E-state index in [4.69, 9.17) is 9.47 Å². The zero-order valence-corrected chi connectivity index (χ0v) is 12.8. The van der Waals surface area contributed by atoms with E-state index in [-0.39, 0.29) is 24.4 Å². The Bertz CT molecular complexity index is 439. The van der Waals surface area contributed by atoms with Gasteiger partial charge in [-0.1, -0.05) is 0 Å². The summed E-state index contributed by atoms with van der Waals surface area (Å²) >= 11 is 0. The molecule has 1 saturated heterocycles. The predicted molar refractivity (Wildman–Crippen MR) is 80.2 cm³/mol. The summed E-state index contributed by atoms with van der Waals surface area (Å²) in [5.74, 6) is 1.24. The fraction of sp³-hybridized carbons (Fsp3) is 0.500. The standard InChI is InChI=1S/C14H20N2O3.ClH/c1-16(11-4-5-15-9-11)14(17)10-6-12(18-2)8-13(7-10)19-3;/h6-8,11,15H,4-5,9H2,1-3H3;1H. The van der Waals surface area contributed by atoms with Gasteiger partial charge in [0.05, 0.1) is 14.2 Å². The number of benzene rings is 1. The third kappa shape index (κ3) is 3.55. The highest BCUT2D eigenvalue weighted by molar-refractivity contribution is 5.95. The quantitative estimate of drug-likeness (QED) is 0.917. The molecule has 20 heavy (non-hydrogen) atoms. The molecular formula is C14H21ClN2O3. The number of carbonyl (C=O) groups excluding carboxylic acids is 1. The fourth-order valence-electron chi connectivity index (χ4n) is 2.27. The molecule has 0 radical (unpaired) electrons. The van der Waals surface area contributed by atoms with Crippen molar-refractivity contribution in [3.63, 3.8) is 0 Å². The van der Waals surface area contributed by atoms with Crippen molar-refractivity contribution in [2.75, 3.05) is 34.4 Å². The van der Waals surface area contributed by atoms with Gasteiger partial charge in [0.1, 0.15) is 11.5 Å². The molecule has 0 bridgehead atoms. The second-order valence-electron chi connectivity index (χ2n) is 4.66. The summed E-state index contributed by atoms with van der Waals surface area (Å²) in [5, 5.41) is 3.26. The van der Waals surface area contributed by atoms with Gasteiger partial charge < -0.3 is 19.7 Å². The summed E-state index contributed by atoms with van der Waals surface area (Å²) in [6, 6.07) is 5.49. The van der Waals surface area contributed by atoms with E-state index in [2.05, 4.69) is 5.32 Å². The van der Waals surface area contributed by atoms with Crippen LogP contribution in [0.25, 0.3) is 0 Å². The minimum Gasteiger partial charge on any atom is -0.497 e. The molecule has 0 aromatic heterocycles. The van der Waals surface area contributed by atoms with Gasteiger partial charge in [-0.3, -0.25) is 4.79 Å². The van der Waals surface area contributed by atoms with E-state index in [1.807, 2.05) is 7.05 Å². The first-order valence-electron chi connectivity index (χ1n) is 6.36. The van der Waals surface area contributed by atoms with Gasteiger partial charge in [0.25, 0.3) is 5.91 Å². The molecule has 1 aliphatic rings. The number of likely N-dealkylation sites (N-methyl/N-ethyl adjacent to an activating group) is 1. The molecule has 1 amide bonds. The molecular weight excluding hydrogens is 280 g/mol. The third-order valence-electron chi connectivity index (χ3n) is 3.50. The van der Waals surface area contributed by atoms with Crippen molar-refractivity contribution in [1.82, 2.24) is 10.2 Å². The maximum Gasteiger partial charge on any atom is 0.254 e. The van der Waals surface area contributed by atoms with Crippen LogP contribution in [-0.2, 0) is 0 Å². The zero-order chi connectivity index (χ0) is 13.8. The molecule has 5 nitrogen and oxygen atoms in total. The molecule has 1 unspecified atom stereocenters. The smallest absolute Gasteiger partial charge is 0.254 e. The lowest BCUT2D eigenvalue weighted by Gasteiger charge is -2.24. The van der Waals surface area contributed by atoms with Crippen LogP contribution in [0.1, 0.15) is 16.8 Å². The highest BCUT2D eigenvalue weighted by Gasteiger charge is 2.24. The minimum atomic E-state index is -0.00843. The molecule has 0 spiro atoms. The molecule has 1 aromatic carbocycles. The summed E-state index contributed by atoms with van der Waals surface area (Å²) < 4.78 is 10.4. The van der Waals surface area contributed by atoms with Crippen LogP contribution in [0.2, 0.25) is 0 Å². The van der Waals surface area contributed by atoms with E-state index >= 15 is 0 Å². The lowest BCUT2D eigenvalue weighted by molar-refractivity contribution is 0.0743. The van der Waals surface area contributed by atoms with Crippen molar-refractivity contribution >= 4 is 18.3 Å². The molecule has 1 N–H and O–H groups in total. The molecule has 6 heteroatoms. The summed E-state index contributed by atoms with van der Waals surface area (Å²) in [7, 11) is 4.99. The van der Waals surface area contributed by atoms with Crippen molar-refractivity contribution < 1.29 is 14.3 Å². The van der Waals surface area contributed by atoms with E-state index < -0.39 is 0 Å². The first-order valence-corrected chi connectivity index (χ1v) is 6.36. The van der Waals surface area contributed by atoms with Crippen LogP contribution < -0.4 is 14.8 Å². The zero-order valence-electron chi connectivity index (χ0n) is 12.0. The Morgan fingerprint density at radius 1 is 1.25 bits per heavy atom. The van der Waals surface area contributed by atoms with Crippen molar-refractivity contribution in [1.29, 1.82) is 0 Å². The van der Waals surface area contributed by atoms with Gasteiger partial charge in [0.2, 0.25) is 0 Å². The Morgan fingerprint density at radius 2 is 1.85 bits per heavy atom. The molecule has 1 heterocycles. The van der Waals surface area contributed by atoms with Gasteiger partial charge in [-0.2, -0.15) is 0 Å². The number of carbonyl (C=O) groups is 1. The molecule has 2 rings (SSSR count). The van der Waals surface area contributed by atoms with E-state index in [9.17, 15) is 4.79 Å². The second kappa shape index (κ2) is 7.36. The van der Waals surface area contributed by atoms with Crippen LogP contribution in [0, 0.1) is 0 Å². The van der Waals surface area contributed by atoms with Gasteiger partial charge in [-0.05, 0) is 25.1 Å². The maximum absolute atomic E-state index is 12.5. The molecule has 1 atom stereocenters. The largest absolute Gasteiger partial charge is 0.497 e. The first-order chi connectivity index (χ1) is 9.15. The molecule has 112 valence electrons. The van der Waals surface area contributed by atoms with Crippen molar-refractivity contribution in [3.05, 3.63) is 23.8 Å². The number of hydrogen-bond acceptors (Lipinski definition) is 4. The van der Waals surface area contributed by atoms with Gasteiger partial charge in [0, 0.05) is 31.3 Å². The topological polar surface area (TPSA) is 50.8 Å². The van der Waals surface area contributed by atoms with Crippen molar-refractivity contribution in [3.8, 4) is 11.5 Å². The Morgan fingerprint density at radius 3 is 2.30 bits per heavy atom. The first kappa shape index (κ1) is 16.6. The van der Waals surface area contributed by atoms with E-state index in [1.54, 1.807) is 37.3 Å². The number of amides is 1. The van der Waals surface area contributed by atoms with Gasteiger partial charge in [0.15, 0.2) is 0 Å². The Labute approximate surface area is 125 Å². The Hall–Kier alpha value is -1.46. The number of methoxy groups -OCH3 is 2. The Kier molecular flexibility index (Phi) is 6.10. The lowest BCUT2D eigenvalue weighted by atomic mass is 10.1. The highest BCUT2D eigenvalue weighted by atomic mass is 35.5. The molecule has 1 aromatic rings. The predicted octanol–water partition coefficient (Wildman–Crippen LogP) is 1.56. The number of halogens is 1. The normalized spacial score (nSPS) is 17.2. The minimum absolute atomic E-state index is 0. The number of rotatable bonds is 4. The average Bonchev–Trinajstić information content (AvgIpc) is 2.99. The summed E-state index contributed by atoms with van der Waals surface area (Å²) in [4.78, 5) is 14.2. The second-order valence-corrected chi connectivity index (χ2v) is 4.66. The number of nitrogens with zero attached hydrogens (tertiary/aromatic N) is 1. The molecule has 1 fully saturated rings. The number of nitrogens with one attached hydrogen (secondary N) is 1. The van der Waals surface area contributed by atoms with Crippen LogP contribution in [0.3, 0.4) is 0 Å². The molecule has 0 saturated carbocycles. The van der Waals surface area contributed by atoms with E-state index in [0.29, 0.717) is 17.1 Å².